The summed E-state index contributed by atoms with van der Waals surface area (Å²) in [7, 11) is 0. The number of hydrogen-bond acceptors (Lipinski definition) is 2. The number of carbonyl (C=O) groups is 1. The van der Waals surface area contributed by atoms with Crippen LogP contribution in [0.4, 0.5) is 0 Å². The van der Waals surface area contributed by atoms with E-state index in [-0.39, 0.29) is 24.0 Å². The van der Waals surface area contributed by atoms with Gasteiger partial charge in [0.15, 0.2) is 0 Å². The molecule has 0 aromatic heterocycles. The molecule has 2 N–H and O–H groups in total. The third-order valence-corrected chi connectivity index (χ3v) is 2.65. The summed E-state index contributed by atoms with van der Waals surface area (Å²) in [4.78, 5) is 11.9. The van der Waals surface area contributed by atoms with Crippen molar-refractivity contribution in [3.8, 4) is 0 Å². The molecule has 18 heavy (non-hydrogen) atoms. The number of nitrogens with one attached hydrogen (secondary N) is 1. The zero-order chi connectivity index (χ0) is 13.6. The van der Waals surface area contributed by atoms with Crippen LogP contribution in [0.25, 0.3) is 0 Å². The predicted molar refractivity (Wildman–Crippen MR) is 73.1 cm³/mol. The topological polar surface area (TPSA) is 49.3 Å². The van der Waals surface area contributed by atoms with Gasteiger partial charge in [0.1, 0.15) is 0 Å². The van der Waals surface area contributed by atoms with Crippen molar-refractivity contribution in [2.24, 2.45) is 5.41 Å². The quantitative estimate of drug-likeness (QED) is 0.843. The lowest BCUT2D eigenvalue weighted by Crippen LogP contribution is -2.31. The molecule has 1 amide bonds. The third-order valence-electron chi connectivity index (χ3n) is 2.65. The van der Waals surface area contributed by atoms with Crippen molar-refractivity contribution in [3.05, 3.63) is 35.9 Å². The number of aliphatic hydroxyl groups excluding tert-OH is 1. The van der Waals surface area contributed by atoms with E-state index in [1.54, 1.807) is 0 Å². The number of benzene rings is 1. The first-order chi connectivity index (χ1) is 8.42. The van der Waals surface area contributed by atoms with Crippen LogP contribution in [0.15, 0.2) is 30.3 Å². The molecule has 1 rings (SSSR count). The first-order valence-electron chi connectivity index (χ1n) is 6.37. The first-order valence-corrected chi connectivity index (χ1v) is 6.37. The highest BCUT2D eigenvalue weighted by molar-refractivity contribution is 5.77. The molecule has 0 heterocycles. The van der Waals surface area contributed by atoms with Crippen LogP contribution in [-0.4, -0.2) is 17.6 Å². The summed E-state index contributed by atoms with van der Waals surface area (Å²) in [6.45, 7) is 6.18. The SMILES string of the molecule is CC(C)(C)CC(=O)NC(CCO)c1ccccc1. The van der Waals surface area contributed by atoms with E-state index in [1.807, 2.05) is 51.1 Å². The van der Waals surface area contributed by atoms with E-state index in [1.165, 1.54) is 0 Å². The molecule has 100 valence electrons. The van der Waals surface area contributed by atoms with E-state index in [4.69, 9.17) is 5.11 Å². The molecule has 0 fully saturated rings. The molecule has 0 aliphatic carbocycles. The van der Waals surface area contributed by atoms with Gasteiger partial charge in [0.2, 0.25) is 5.91 Å². The van der Waals surface area contributed by atoms with Gasteiger partial charge < -0.3 is 10.4 Å². The Bertz CT molecular complexity index is 368. The largest absolute Gasteiger partial charge is 0.396 e. The fourth-order valence-electron chi connectivity index (χ4n) is 1.86. The molecule has 0 aliphatic heterocycles. The van der Waals surface area contributed by atoms with Crippen LogP contribution in [0.1, 0.15) is 45.2 Å². The minimum atomic E-state index is -0.106. The Morgan fingerprint density at radius 2 is 1.89 bits per heavy atom. The Labute approximate surface area is 109 Å². The Kier molecular flexibility index (Phi) is 5.35. The number of rotatable bonds is 5. The highest BCUT2D eigenvalue weighted by Crippen LogP contribution is 2.21. The molecule has 1 aromatic carbocycles. The minimum absolute atomic E-state index is 0.0233. The second-order valence-corrected chi connectivity index (χ2v) is 5.78. The molecule has 0 bridgehead atoms. The zero-order valence-electron chi connectivity index (χ0n) is 11.4. The summed E-state index contributed by atoms with van der Waals surface area (Å²) in [6, 6.07) is 9.66. The van der Waals surface area contributed by atoms with Gasteiger partial charge in [0.05, 0.1) is 6.04 Å². The molecule has 3 heteroatoms. The number of amides is 1. The molecule has 1 unspecified atom stereocenters. The van der Waals surface area contributed by atoms with Crippen LogP contribution >= 0.6 is 0 Å². The average Bonchev–Trinajstić information content (AvgIpc) is 2.27. The number of hydrogen-bond donors (Lipinski definition) is 2. The van der Waals surface area contributed by atoms with E-state index in [0.717, 1.165) is 5.56 Å². The highest BCUT2D eigenvalue weighted by atomic mass is 16.3. The molecule has 0 aliphatic rings. The van der Waals surface area contributed by atoms with E-state index in [9.17, 15) is 4.79 Å². The van der Waals surface area contributed by atoms with Crippen molar-refractivity contribution >= 4 is 5.91 Å². The fraction of sp³-hybridized carbons (Fsp3) is 0.533. The summed E-state index contributed by atoms with van der Waals surface area (Å²) in [5, 5.41) is 12.1. The van der Waals surface area contributed by atoms with Crippen molar-refractivity contribution < 1.29 is 9.90 Å². The average molecular weight is 249 g/mol. The summed E-state index contributed by atoms with van der Waals surface area (Å²) < 4.78 is 0. The van der Waals surface area contributed by atoms with Gasteiger partial charge in [-0.05, 0) is 17.4 Å². The van der Waals surface area contributed by atoms with Crippen LogP contribution in [0.3, 0.4) is 0 Å². The smallest absolute Gasteiger partial charge is 0.221 e. The zero-order valence-corrected chi connectivity index (χ0v) is 11.4. The Balaban J connectivity index is 2.67. The number of carbonyl (C=O) groups excluding carboxylic acids is 1. The third kappa shape index (κ3) is 5.32. The van der Waals surface area contributed by atoms with E-state index < -0.39 is 0 Å². The molecule has 0 radical (unpaired) electrons. The lowest BCUT2D eigenvalue weighted by atomic mass is 9.91. The number of aliphatic hydroxyl groups is 1. The Hall–Kier alpha value is -1.35. The van der Waals surface area contributed by atoms with E-state index in [2.05, 4.69) is 5.32 Å². The molecule has 0 saturated carbocycles. The van der Waals surface area contributed by atoms with Crippen LogP contribution in [0.5, 0.6) is 0 Å². The summed E-state index contributed by atoms with van der Waals surface area (Å²) in [6.07, 6.45) is 1.03. The molecule has 0 saturated heterocycles. The van der Waals surface area contributed by atoms with Crippen LogP contribution in [0.2, 0.25) is 0 Å². The molecule has 1 atom stereocenters. The van der Waals surface area contributed by atoms with Crippen molar-refractivity contribution in [2.45, 2.75) is 39.7 Å². The van der Waals surface area contributed by atoms with Crippen LogP contribution in [0, 0.1) is 5.41 Å². The monoisotopic (exact) mass is 249 g/mol. The maximum Gasteiger partial charge on any atom is 0.221 e. The fourth-order valence-corrected chi connectivity index (χ4v) is 1.86. The molecule has 0 spiro atoms. The normalized spacial score (nSPS) is 13.1. The van der Waals surface area contributed by atoms with Crippen molar-refractivity contribution in [2.75, 3.05) is 6.61 Å². The molecule has 1 aromatic rings. The van der Waals surface area contributed by atoms with Crippen molar-refractivity contribution in [3.63, 3.8) is 0 Å². The van der Waals surface area contributed by atoms with Gasteiger partial charge >= 0.3 is 0 Å². The summed E-state index contributed by atoms with van der Waals surface area (Å²) in [5.41, 5.74) is 1.01. The lowest BCUT2D eigenvalue weighted by molar-refractivity contribution is -0.123. The second kappa shape index (κ2) is 6.55. The maximum atomic E-state index is 11.9. The van der Waals surface area contributed by atoms with Gasteiger partial charge in [0.25, 0.3) is 0 Å². The minimum Gasteiger partial charge on any atom is -0.396 e. The maximum absolute atomic E-state index is 11.9. The second-order valence-electron chi connectivity index (χ2n) is 5.78. The Morgan fingerprint density at radius 3 is 2.39 bits per heavy atom. The van der Waals surface area contributed by atoms with Gasteiger partial charge in [-0.25, -0.2) is 0 Å². The van der Waals surface area contributed by atoms with Crippen LogP contribution in [-0.2, 0) is 4.79 Å². The highest BCUT2D eigenvalue weighted by Gasteiger charge is 2.19. The van der Waals surface area contributed by atoms with Gasteiger partial charge in [0, 0.05) is 13.0 Å². The van der Waals surface area contributed by atoms with Gasteiger partial charge in [-0.3, -0.25) is 4.79 Å². The first kappa shape index (κ1) is 14.7. The molecule has 3 nitrogen and oxygen atoms in total. The predicted octanol–water partition coefficient (Wildman–Crippen LogP) is 2.66. The standard InChI is InChI=1S/C15H23NO2/c1-15(2,3)11-14(18)16-13(9-10-17)12-7-5-4-6-8-12/h4-8,13,17H,9-11H2,1-3H3,(H,16,18). The van der Waals surface area contributed by atoms with Gasteiger partial charge in [-0.1, -0.05) is 51.1 Å². The van der Waals surface area contributed by atoms with Gasteiger partial charge in [-0.2, -0.15) is 0 Å². The molecular weight excluding hydrogens is 226 g/mol. The Morgan fingerprint density at radius 1 is 1.28 bits per heavy atom. The summed E-state index contributed by atoms with van der Waals surface area (Å²) >= 11 is 0. The van der Waals surface area contributed by atoms with Crippen LogP contribution < -0.4 is 5.32 Å². The molecular formula is C15H23NO2. The van der Waals surface area contributed by atoms with E-state index in [0.29, 0.717) is 12.8 Å². The van der Waals surface area contributed by atoms with Crippen molar-refractivity contribution in [1.29, 1.82) is 0 Å². The van der Waals surface area contributed by atoms with E-state index >= 15 is 0 Å². The summed E-state index contributed by atoms with van der Waals surface area (Å²) in [5.74, 6) is 0.0322. The van der Waals surface area contributed by atoms with Crippen molar-refractivity contribution in [1.82, 2.24) is 5.32 Å². The van der Waals surface area contributed by atoms with Gasteiger partial charge in [-0.15, -0.1) is 0 Å². The lowest BCUT2D eigenvalue weighted by Gasteiger charge is -2.22.